The zero-order chi connectivity index (χ0) is 24.4. The number of nitrogens with zero attached hydrogens (tertiary/aromatic N) is 6. The fourth-order valence-corrected chi connectivity index (χ4v) is 6.52. The van der Waals surface area contributed by atoms with Crippen LogP contribution in [0, 0.1) is 0 Å². The Bertz CT molecular complexity index is 1030. The van der Waals surface area contributed by atoms with E-state index in [1.54, 1.807) is 16.8 Å². The third kappa shape index (κ3) is 5.50. The molecule has 0 bridgehead atoms. The van der Waals surface area contributed by atoms with Gasteiger partial charge in [-0.15, -0.1) is 5.10 Å². The maximum absolute atomic E-state index is 13.7. The van der Waals surface area contributed by atoms with E-state index in [-0.39, 0.29) is 24.5 Å². The van der Waals surface area contributed by atoms with E-state index in [0.29, 0.717) is 35.6 Å². The van der Waals surface area contributed by atoms with Crippen LogP contribution in [-0.2, 0) is 24.3 Å². The molecule has 1 saturated carbocycles. The molecule has 0 N–H and O–H groups in total. The van der Waals surface area contributed by atoms with Gasteiger partial charge in [-0.3, -0.25) is 14.6 Å². The number of aryl methyl sites for hydroxylation is 1. The molecule has 1 aromatic heterocycles. The average molecular weight is 523 g/mol. The molecule has 35 heavy (non-hydrogen) atoms. The summed E-state index contributed by atoms with van der Waals surface area (Å²) in [6.45, 7) is 4.15. The van der Waals surface area contributed by atoms with E-state index in [0.717, 1.165) is 50.2 Å². The largest absolute Gasteiger partial charge is 0.335 e. The second kappa shape index (κ2) is 11.1. The van der Waals surface area contributed by atoms with Gasteiger partial charge in [0.05, 0.1) is 34.7 Å². The van der Waals surface area contributed by atoms with E-state index in [2.05, 4.69) is 25.0 Å². The lowest BCUT2D eigenvalue weighted by molar-refractivity contribution is -0.143. The third-order valence-corrected chi connectivity index (χ3v) is 8.52. The Balaban J connectivity index is 1.37. The number of benzene rings is 1. The highest BCUT2D eigenvalue weighted by molar-refractivity contribution is 6.42. The van der Waals surface area contributed by atoms with Crippen LogP contribution in [0.15, 0.2) is 24.4 Å². The van der Waals surface area contributed by atoms with Gasteiger partial charge in [0, 0.05) is 37.9 Å². The van der Waals surface area contributed by atoms with Crippen molar-refractivity contribution in [2.75, 3.05) is 32.9 Å². The molecule has 2 aliphatic heterocycles. The predicted octanol–water partition coefficient (Wildman–Crippen LogP) is 3.83. The fraction of sp³-hybridized carbons (Fsp3) is 0.640. The predicted molar refractivity (Wildman–Crippen MR) is 134 cm³/mol. The van der Waals surface area contributed by atoms with Gasteiger partial charge in [-0.05, 0) is 56.5 Å². The van der Waals surface area contributed by atoms with E-state index in [9.17, 15) is 9.18 Å². The summed E-state index contributed by atoms with van der Waals surface area (Å²) in [5, 5.41) is 9.32. The number of piperazine rings is 1. The van der Waals surface area contributed by atoms with E-state index in [1.807, 2.05) is 12.3 Å². The van der Waals surface area contributed by atoms with Crippen molar-refractivity contribution in [3.05, 3.63) is 45.7 Å². The number of hydrogen-bond donors (Lipinski definition) is 0. The van der Waals surface area contributed by atoms with Gasteiger partial charge in [0.25, 0.3) is 0 Å². The minimum atomic E-state index is -0.454. The molecule has 1 aromatic carbocycles. The molecule has 7 nitrogen and oxygen atoms in total. The van der Waals surface area contributed by atoms with Gasteiger partial charge < -0.3 is 4.90 Å². The second-order valence-electron chi connectivity index (χ2n) is 9.94. The molecule has 5 rings (SSSR count). The summed E-state index contributed by atoms with van der Waals surface area (Å²) < 4.78 is 14.3. The molecule has 1 aliphatic carbocycles. The van der Waals surface area contributed by atoms with Gasteiger partial charge in [0.2, 0.25) is 5.91 Å². The number of halogens is 3. The van der Waals surface area contributed by atoms with Crippen molar-refractivity contribution >= 4 is 29.1 Å². The first-order valence-electron chi connectivity index (χ1n) is 12.7. The molecule has 0 unspecified atom stereocenters. The number of fused-ring (bicyclic) bond motifs is 1. The van der Waals surface area contributed by atoms with Crippen molar-refractivity contribution in [2.45, 2.75) is 69.7 Å². The summed E-state index contributed by atoms with van der Waals surface area (Å²) in [6.07, 6.45) is 7.96. The van der Waals surface area contributed by atoms with Crippen LogP contribution in [0.5, 0.6) is 0 Å². The zero-order valence-corrected chi connectivity index (χ0v) is 21.5. The number of amides is 1. The van der Waals surface area contributed by atoms with Crippen molar-refractivity contribution in [1.29, 1.82) is 0 Å². The van der Waals surface area contributed by atoms with Crippen molar-refractivity contribution in [1.82, 2.24) is 29.7 Å². The van der Waals surface area contributed by atoms with Crippen LogP contribution in [0.25, 0.3) is 0 Å². The third-order valence-electron chi connectivity index (χ3n) is 7.78. The lowest BCUT2D eigenvalue weighted by atomic mass is 9.81. The highest BCUT2D eigenvalue weighted by Gasteiger charge is 2.47. The van der Waals surface area contributed by atoms with E-state index in [4.69, 9.17) is 23.2 Å². The molecule has 3 heterocycles. The molecular weight excluding hydrogens is 490 g/mol. The van der Waals surface area contributed by atoms with Crippen LogP contribution in [0.4, 0.5) is 4.39 Å². The molecule has 3 aliphatic rings. The Morgan fingerprint density at radius 2 is 1.83 bits per heavy atom. The minimum Gasteiger partial charge on any atom is -0.335 e. The van der Waals surface area contributed by atoms with Gasteiger partial charge in [0.1, 0.15) is 6.67 Å². The fourth-order valence-electron chi connectivity index (χ4n) is 6.20. The monoisotopic (exact) mass is 522 g/mol. The topological polar surface area (TPSA) is 57.5 Å². The number of carbonyl (C=O) groups excluding carboxylic acids is 1. The molecular formula is C25H33Cl2FN6O. The van der Waals surface area contributed by atoms with Crippen LogP contribution in [0.2, 0.25) is 10.0 Å². The van der Waals surface area contributed by atoms with Crippen molar-refractivity contribution in [3.63, 3.8) is 0 Å². The van der Waals surface area contributed by atoms with Crippen LogP contribution in [0.3, 0.4) is 0 Å². The SMILES string of the molecule is O=C(Cc1ccc(Cl)c(Cl)c1)N1CCN(Cc2cn(CCF)nn2)[C@H]2CCC[C@H](N3CCCC3)[C@H]21. The quantitative estimate of drug-likeness (QED) is 0.553. The van der Waals surface area contributed by atoms with Gasteiger partial charge in [-0.2, -0.15) is 0 Å². The van der Waals surface area contributed by atoms with Crippen molar-refractivity contribution in [2.24, 2.45) is 0 Å². The molecule has 1 amide bonds. The summed E-state index contributed by atoms with van der Waals surface area (Å²) >= 11 is 12.3. The molecule has 3 atom stereocenters. The normalized spacial score (nSPS) is 25.7. The first-order chi connectivity index (χ1) is 17.0. The van der Waals surface area contributed by atoms with Gasteiger partial charge >= 0.3 is 0 Å². The van der Waals surface area contributed by atoms with E-state index < -0.39 is 6.67 Å². The van der Waals surface area contributed by atoms with E-state index in [1.165, 1.54) is 12.8 Å². The highest BCUT2D eigenvalue weighted by atomic mass is 35.5. The van der Waals surface area contributed by atoms with E-state index >= 15 is 0 Å². The van der Waals surface area contributed by atoms with Crippen LogP contribution in [0.1, 0.15) is 43.4 Å². The number of alkyl halides is 1. The number of likely N-dealkylation sites (tertiary alicyclic amines) is 1. The number of carbonyl (C=O) groups is 1. The Morgan fingerprint density at radius 3 is 2.60 bits per heavy atom. The molecule has 0 radical (unpaired) electrons. The maximum Gasteiger partial charge on any atom is 0.227 e. The van der Waals surface area contributed by atoms with Crippen LogP contribution < -0.4 is 0 Å². The second-order valence-corrected chi connectivity index (χ2v) is 10.8. The van der Waals surface area contributed by atoms with Gasteiger partial charge in [-0.1, -0.05) is 40.9 Å². The maximum atomic E-state index is 13.7. The smallest absolute Gasteiger partial charge is 0.227 e. The minimum absolute atomic E-state index is 0.145. The Morgan fingerprint density at radius 1 is 1.03 bits per heavy atom. The first kappa shape index (κ1) is 24.9. The summed E-state index contributed by atoms with van der Waals surface area (Å²) in [5.74, 6) is 0.151. The summed E-state index contributed by atoms with van der Waals surface area (Å²) in [7, 11) is 0. The molecule has 2 aromatic rings. The number of hydrogen-bond acceptors (Lipinski definition) is 5. The highest BCUT2D eigenvalue weighted by Crippen LogP contribution is 2.36. The number of rotatable bonds is 7. The Kier molecular flexibility index (Phi) is 7.92. The Hall–Kier alpha value is -1.74. The molecule has 10 heteroatoms. The summed E-state index contributed by atoms with van der Waals surface area (Å²) in [4.78, 5) is 20.9. The lowest BCUT2D eigenvalue weighted by Crippen LogP contribution is -2.68. The molecule has 3 fully saturated rings. The molecule has 2 saturated heterocycles. The first-order valence-corrected chi connectivity index (χ1v) is 13.5. The standard InChI is InChI=1S/C25H33Cl2FN6O/c26-20-7-6-18(14-21(20)27)15-24(35)34-13-12-32(16-19-17-33(11-8-28)30-29-19)23-5-3-4-22(25(23)34)31-9-1-2-10-31/h6-7,14,17,22-23,25H,1-5,8-13,15-16H2/t22-,23-,25+/m0/s1. The van der Waals surface area contributed by atoms with Gasteiger partial charge in [0.15, 0.2) is 0 Å². The van der Waals surface area contributed by atoms with Gasteiger partial charge in [-0.25, -0.2) is 9.07 Å². The molecule has 0 spiro atoms. The molecule has 190 valence electrons. The Labute approximate surface area is 216 Å². The summed E-state index contributed by atoms with van der Waals surface area (Å²) in [6, 6.07) is 6.24. The van der Waals surface area contributed by atoms with Crippen LogP contribution in [-0.4, -0.2) is 86.6 Å². The summed E-state index contributed by atoms with van der Waals surface area (Å²) in [5.41, 5.74) is 1.75. The average Bonchev–Trinajstić information content (AvgIpc) is 3.54. The van der Waals surface area contributed by atoms with Crippen LogP contribution >= 0.6 is 23.2 Å². The zero-order valence-electron chi connectivity index (χ0n) is 20.0. The van der Waals surface area contributed by atoms with Crippen molar-refractivity contribution in [3.8, 4) is 0 Å². The lowest BCUT2D eigenvalue weighted by Gasteiger charge is -2.54. The van der Waals surface area contributed by atoms with Crippen molar-refractivity contribution < 1.29 is 9.18 Å². The number of aromatic nitrogens is 3.